The van der Waals surface area contributed by atoms with Gasteiger partial charge < -0.3 is 14.7 Å². The summed E-state index contributed by atoms with van der Waals surface area (Å²) in [7, 11) is 0. The lowest BCUT2D eigenvalue weighted by molar-refractivity contribution is -0.148. The van der Waals surface area contributed by atoms with Crippen molar-refractivity contribution >= 4 is 11.9 Å². The lowest BCUT2D eigenvalue weighted by Crippen LogP contribution is -2.52. The normalized spacial score (nSPS) is 16.1. The van der Waals surface area contributed by atoms with E-state index >= 15 is 0 Å². The molecule has 1 aliphatic rings. The fraction of sp³-hybridized carbons (Fsp3) is 0.364. The molecule has 154 valence electrons. The van der Waals surface area contributed by atoms with Crippen LogP contribution in [0.4, 0.5) is 4.39 Å². The molecular formula is C22H25FN2O4. The monoisotopic (exact) mass is 400 g/mol. The van der Waals surface area contributed by atoms with Crippen molar-refractivity contribution in [2.24, 2.45) is 0 Å². The second-order valence-corrected chi connectivity index (χ2v) is 7.35. The average Bonchev–Trinajstić information content (AvgIpc) is 2.66. The van der Waals surface area contributed by atoms with Gasteiger partial charge in [0, 0.05) is 25.2 Å². The summed E-state index contributed by atoms with van der Waals surface area (Å²) in [6.07, 6.45) is 0.0243. The van der Waals surface area contributed by atoms with Gasteiger partial charge in [-0.3, -0.25) is 14.5 Å². The zero-order valence-corrected chi connectivity index (χ0v) is 16.5. The van der Waals surface area contributed by atoms with E-state index in [2.05, 4.69) is 0 Å². The SMILES string of the molecule is CC(C)Oc1ccc(C(C(=O)O)N2CCN(Cc3ccccc3F)C(=O)C2)cc1. The van der Waals surface area contributed by atoms with Gasteiger partial charge in [0.05, 0.1) is 12.6 Å². The van der Waals surface area contributed by atoms with Crippen LogP contribution < -0.4 is 4.74 Å². The van der Waals surface area contributed by atoms with Crippen LogP contribution in [0.3, 0.4) is 0 Å². The second kappa shape index (κ2) is 9.05. The van der Waals surface area contributed by atoms with E-state index in [1.807, 2.05) is 13.8 Å². The number of carbonyl (C=O) groups is 2. The minimum atomic E-state index is -1.02. The topological polar surface area (TPSA) is 70.1 Å². The van der Waals surface area contributed by atoms with Crippen molar-refractivity contribution in [3.8, 4) is 5.75 Å². The van der Waals surface area contributed by atoms with Crippen LogP contribution in [0.25, 0.3) is 0 Å². The number of hydrogen-bond donors (Lipinski definition) is 1. The first-order chi connectivity index (χ1) is 13.8. The molecular weight excluding hydrogens is 375 g/mol. The number of hydrogen-bond acceptors (Lipinski definition) is 4. The van der Waals surface area contributed by atoms with Gasteiger partial charge in [0.2, 0.25) is 5.91 Å². The highest BCUT2D eigenvalue weighted by Gasteiger charge is 2.34. The quantitative estimate of drug-likeness (QED) is 0.774. The van der Waals surface area contributed by atoms with Crippen LogP contribution in [0, 0.1) is 5.82 Å². The van der Waals surface area contributed by atoms with Gasteiger partial charge in [0.15, 0.2) is 0 Å². The molecule has 0 aromatic heterocycles. The molecule has 0 bridgehead atoms. The van der Waals surface area contributed by atoms with E-state index in [1.165, 1.54) is 6.07 Å². The molecule has 1 aliphatic heterocycles. The van der Waals surface area contributed by atoms with Crippen molar-refractivity contribution in [1.29, 1.82) is 0 Å². The van der Waals surface area contributed by atoms with Crippen molar-refractivity contribution in [3.05, 3.63) is 65.5 Å². The highest BCUT2D eigenvalue weighted by atomic mass is 19.1. The summed E-state index contributed by atoms with van der Waals surface area (Å²) in [6.45, 7) is 4.71. The number of benzene rings is 2. The average molecular weight is 400 g/mol. The molecule has 1 amide bonds. The van der Waals surface area contributed by atoms with Gasteiger partial charge in [-0.25, -0.2) is 4.39 Å². The minimum absolute atomic E-state index is 0.0243. The van der Waals surface area contributed by atoms with Crippen LogP contribution in [0.2, 0.25) is 0 Å². The lowest BCUT2D eigenvalue weighted by atomic mass is 10.0. The van der Waals surface area contributed by atoms with E-state index in [9.17, 15) is 19.1 Å². The van der Waals surface area contributed by atoms with E-state index in [4.69, 9.17) is 4.74 Å². The number of aliphatic carboxylic acids is 1. The Labute approximate surface area is 169 Å². The fourth-order valence-electron chi connectivity index (χ4n) is 3.46. The first-order valence-electron chi connectivity index (χ1n) is 9.60. The van der Waals surface area contributed by atoms with E-state index in [1.54, 1.807) is 52.3 Å². The molecule has 0 spiro atoms. The molecule has 2 aromatic carbocycles. The Kier molecular flexibility index (Phi) is 6.49. The van der Waals surface area contributed by atoms with Crippen molar-refractivity contribution in [2.45, 2.75) is 32.5 Å². The number of carbonyl (C=O) groups excluding carboxylic acids is 1. The van der Waals surface area contributed by atoms with Crippen LogP contribution in [0.15, 0.2) is 48.5 Å². The maximum atomic E-state index is 13.9. The Morgan fingerprint density at radius 2 is 1.83 bits per heavy atom. The van der Waals surface area contributed by atoms with E-state index in [0.29, 0.717) is 30.0 Å². The van der Waals surface area contributed by atoms with Crippen LogP contribution >= 0.6 is 0 Å². The Morgan fingerprint density at radius 1 is 1.14 bits per heavy atom. The fourth-order valence-corrected chi connectivity index (χ4v) is 3.46. The van der Waals surface area contributed by atoms with Crippen molar-refractivity contribution in [3.63, 3.8) is 0 Å². The van der Waals surface area contributed by atoms with Crippen LogP contribution in [-0.4, -0.2) is 52.5 Å². The minimum Gasteiger partial charge on any atom is -0.491 e. The summed E-state index contributed by atoms with van der Waals surface area (Å²) >= 11 is 0. The second-order valence-electron chi connectivity index (χ2n) is 7.35. The number of ether oxygens (including phenoxy) is 1. The summed E-state index contributed by atoms with van der Waals surface area (Å²) in [5.74, 6) is -0.920. The molecule has 0 saturated carbocycles. The zero-order chi connectivity index (χ0) is 21.0. The highest BCUT2D eigenvalue weighted by Crippen LogP contribution is 2.26. The third kappa shape index (κ3) is 5.12. The summed E-state index contributed by atoms with van der Waals surface area (Å²) in [6, 6.07) is 12.3. The molecule has 0 radical (unpaired) electrons. The number of nitrogens with zero attached hydrogens (tertiary/aromatic N) is 2. The maximum Gasteiger partial charge on any atom is 0.325 e. The van der Waals surface area contributed by atoms with Gasteiger partial charge in [-0.15, -0.1) is 0 Å². The largest absolute Gasteiger partial charge is 0.491 e. The van der Waals surface area contributed by atoms with Crippen LogP contribution in [0.1, 0.15) is 31.0 Å². The summed E-state index contributed by atoms with van der Waals surface area (Å²) in [4.78, 5) is 27.7. The molecule has 1 unspecified atom stereocenters. The third-order valence-corrected chi connectivity index (χ3v) is 4.83. The molecule has 1 atom stereocenters. The van der Waals surface area contributed by atoms with Gasteiger partial charge in [-0.05, 0) is 37.6 Å². The molecule has 6 nitrogen and oxygen atoms in total. The maximum absolute atomic E-state index is 13.9. The number of amides is 1. The molecule has 1 saturated heterocycles. The predicted octanol–water partition coefficient (Wildman–Crippen LogP) is 3.08. The Hall–Kier alpha value is -2.93. The zero-order valence-electron chi connectivity index (χ0n) is 16.5. The summed E-state index contributed by atoms with van der Waals surface area (Å²) < 4.78 is 19.5. The lowest BCUT2D eigenvalue weighted by Gasteiger charge is -2.37. The number of halogens is 1. The van der Waals surface area contributed by atoms with Crippen molar-refractivity contribution in [2.75, 3.05) is 19.6 Å². The standard InChI is InChI=1S/C22H25FN2O4/c1-15(2)29-18-9-7-16(8-10-18)21(22(27)28)25-12-11-24(20(26)14-25)13-17-5-3-4-6-19(17)23/h3-10,15,21H,11-14H2,1-2H3,(H,27,28). The van der Waals surface area contributed by atoms with E-state index in [0.717, 1.165) is 0 Å². The van der Waals surface area contributed by atoms with E-state index in [-0.39, 0.29) is 30.9 Å². The molecule has 2 aromatic rings. The molecule has 1 fully saturated rings. The van der Waals surface area contributed by atoms with Gasteiger partial charge in [0.1, 0.15) is 17.6 Å². The summed E-state index contributed by atoms with van der Waals surface area (Å²) in [5.41, 5.74) is 1.04. The first kappa shape index (κ1) is 20.8. The summed E-state index contributed by atoms with van der Waals surface area (Å²) in [5, 5.41) is 9.77. The molecule has 1 N–H and O–H groups in total. The number of carboxylic acid groups (broad SMARTS) is 1. The molecule has 3 rings (SSSR count). The number of piperazine rings is 1. The Balaban J connectivity index is 1.70. The van der Waals surface area contributed by atoms with Gasteiger partial charge in [-0.1, -0.05) is 30.3 Å². The number of carboxylic acids is 1. The Morgan fingerprint density at radius 3 is 2.41 bits per heavy atom. The van der Waals surface area contributed by atoms with Crippen LogP contribution in [0.5, 0.6) is 5.75 Å². The molecule has 1 heterocycles. The smallest absolute Gasteiger partial charge is 0.325 e. The molecule has 7 heteroatoms. The number of rotatable bonds is 7. The van der Waals surface area contributed by atoms with Gasteiger partial charge in [0.25, 0.3) is 0 Å². The van der Waals surface area contributed by atoms with Gasteiger partial charge in [-0.2, -0.15) is 0 Å². The third-order valence-electron chi connectivity index (χ3n) is 4.83. The molecule has 29 heavy (non-hydrogen) atoms. The van der Waals surface area contributed by atoms with Gasteiger partial charge >= 0.3 is 5.97 Å². The first-order valence-corrected chi connectivity index (χ1v) is 9.60. The van der Waals surface area contributed by atoms with Crippen molar-refractivity contribution in [1.82, 2.24) is 9.80 Å². The predicted molar refractivity (Wildman–Crippen MR) is 106 cm³/mol. The Bertz CT molecular complexity index is 869. The van der Waals surface area contributed by atoms with E-state index < -0.39 is 12.0 Å². The van der Waals surface area contributed by atoms with Crippen molar-refractivity contribution < 1.29 is 23.8 Å². The molecule has 0 aliphatic carbocycles. The van der Waals surface area contributed by atoms with Crippen LogP contribution in [-0.2, 0) is 16.1 Å². The highest BCUT2D eigenvalue weighted by molar-refractivity contribution is 5.81.